The fourth-order valence-corrected chi connectivity index (χ4v) is 1.39. The van der Waals surface area contributed by atoms with E-state index in [1.165, 1.54) is 29.6 Å². The van der Waals surface area contributed by atoms with Crippen molar-refractivity contribution in [1.82, 2.24) is 14.8 Å². The van der Waals surface area contributed by atoms with E-state index in [0.717, 1.165) is 12.1 Å². The van der Waals surface area contributed by atoms with Crippen LogP contribution in [0.3, 0.4) is 0 Å². The molecular formula is C11H9F2N3O. The summed E-state index contributed by atoms with van der Waals surface area (Å²) in [6.07, 6.45) is 4.13. The normalized spacial score (nSPS) is 11.8. The molecule has 0 spiro atoms. The van der Waals surface area contributed by atoms with Crippen LogP contribution in [0, 0.1) is 11.6 Å². The minimum atomic E-state index is -0.731. The summed E-state index contributed by atoms with van der Waals surface area (Å²) < 4.78 is 27.5. The molecule has 0 saturated carbocycles. The van der Waals surface area contributed by atoms with Crippen molar-refractivity contribution in [2.75, 3.05) is 6.61 Å². The van der Waals surface area contributed by atoms with E-state index in [1.54, 1.807) is 0 Å². The van der Waals surface area contributed by atoms with Crippen molar-refractivity contribution >= 4 is 11.8 Å². The first-order valence-electron chi connectivity index (χ1n) is 4.82. The number of aromatic nitrogens is 3. The van der Waals surface area contributed by atoms with Gasteiger partial charge in [0.1, 0.15) is 24.3 Å². The molecule has 0 aliphatic carbocycles. The molecule has 0 aliphatic rings. The van der Waals surface area contributed by atoms with Crippen LogP contribution in [0.5, 0.6) is 0 Å². The van der Waals surface area contributed by atoms with E-state index in [4.69, 9.17) is 0 Å². The predicted molar refractivity (Wildman–Crippen MR) is 57.6 cm³/mol. The topological polar surface area (TPSA) is 50.9 Å². The van der Waals surface area contributed by atoms with Crippen LogP contribution in [0.2, 0.25) is 0 Å². The number of benzene rings is 1. The van der Waals surface area contributed by atoms with Crippen LogP contribution in [0.25, 0.3) is 11.8 Å². The maximum absolute atomic E-state index is 13.5. The van der Waals surface area contributed by atoms with Gasteiger partial charge in [-0.15, -0.1) is 0 Å². The highest BCUT2D eigenvalue weighted by Gasteiger charge is 2.08. The van der Waals surface area contributed by atoms with Crippen LogP contribution < -0.4 is 0 Å². The van der Waals surface area contributed by atoms with E-state index in [0.29, 0.717) is 0 Å². The second-order valence-corrected chi connectivity index (χ2v) is 3.31. The highest BCUT2D eigenvalue weighted by molar-refractivity contribution is 5.75. The highest BCUT2D eigenvalue weighted by Crippen LogP contribution is 2.19. The molecule has 1 heterocycles. The molecule has 4 nitrogen and oxygen atoms in total. The van der Waals surface area contributed by atoms with Gasteiger partial charge in [0.15, 0.2) is 0 Å². The van der Waals surface area contributed by atoms with Gasteiger partial charge in [0.05, 0.1) is 6.61 Å². The Morgan fingerprint density at radius 2 is 2.24 bits per heavy atom. The van der Waals surface area contributed by atoms with Crippen LogP contribution in [0.4, 0.5) is 8.78 Å². The minimum absolute atomic E-state index is 0.129. The molecule has 2 rings (SSSR count). The number of hydrogen-bond acceptors (Lipinski definition) is 3. The summed E-state index contributed by atoms with van der Waals surface area (Å²) in [4.78, 5) is 3.71. The van der Waals surface area contributed by atoms with Crippen molar-refractivity contribution in [3.8, 4) is 0 Å². The lowest BCUT2D eigenvalue weighted by Crippen LogP contribution is -1.98. The van der Waals surface area contributed by atoms with Gasteiger partial charge in [0, 0.05) is 23.4 Å². The third-order valence-corrected chi connectivity index (χ3v) is 2.17. The summed E-state index contributed by atoms with van der Waals surface area (Å²) in [5.41, 5.74) is 0.414. The van der Waals surface area contributed by atoms with Gasteiger partial charge in [-0.3, -0.25) is 0 Å². The fraction of sp³-hybridized carbons (Fsp3) is 0.0909. The van der Waals surface area contributed by atoms with E-state index in [-0.39, 0.29) is 17.7 Å². The van der Waals surface area contributed by atoms with E-state index < -0.39 is 11.6 Å². The zero-order chi connectivity index (χ0) is 12.3. The van der Waals surface area contributed by atoms with Gasteiger partial charge in [0.2, 0.25) is 0 Å². The smallest absolute Gasteiger partial charge is 0.138 e. The third kappa shape index (κ3) is 2.54. The lowest BCUT2D eigenvalue weighted by Gasteiger charge is -2.05. The zero-order valence-electron chi connectivity index (χ0n) is 8.72. The van der Waals surface area contributed by atoms with Gasteiger partial charge < -0.3 is 5.11 Å². The Labute approximate surface area is 95.8 Å². The molecule has 1 aromatic carbocycles. The van der Waals surface area contributed by atoms with Gasteiger partial charge in [0.25, 0.3) is 0 Å². The van der Waals surface area contributed by atoms with Crippen molar-refractivity contribution in [2.45, 2.75) is 0 Å². The Bertz CT molecular complexity index is 538. The van der Waals surface area contributed by atoms with E-state index >= 15 is 0 Å². The molecule has 0 radical (unpaired) electrons. The van der Waals surface area contributed by atoms with Crippen LogP contribution >= 0.6 is 0 Å². The lowest BCUT2D eigenvalue weighted by molar-refractivity contribution is 0.349. The summed E-state index contributed by atoms with van der Waals surface area (Å²) >= 11 is 0. The second kappa shape index (κ2) is 4.84. The Morgan fingerprint density at radius 1 is 1.41 bits per heavy atom. The van der Waals surface area contributed by atoms with Crippen molar-refractivity contribution in [2.24, 2.45) is 0 Å². The van der Waals surface area contributed by atoms with Crippen molar-refractivity contribution in [3.05, 3.63) is 48.1 Å². The maximum Gasteiger partial charge on any atom is 0.138 e. The lowest BCUT2D eigenvalue weighted by atomic mass is 10.1. The molecule has 0 amide bonds. The number of halogens is 2. The molecular weight excluding hydrogens is 228 g/mol. The van der Waals surface area contributed by atoms with Crippen LogP contribution in [-0.4, -0.2) is 26.5 Å². The molecule has 0 saturated heterocycles. The maximum atomic E-state index is 13.5. The van der Waals surface area contributed by atoms with Crippen LogP contribution in [-0.2, 0) is 0 Å². The quantitative estimate of drug-likeness (QED) is 0.881. The van der Waals surface area contributed by atoms with E-state index in [9.17, 15) is 13.9 Å². The first kappa shape index (κ1) is 11.4. The number of nitrogens with zero attached hydrogens (tertiary/aromatic N) is 3. The molecule has 88 valence electrons. The fourth-order valence-electron chi connectivity index (χ4n) is 1.39. The largest absolute Gasteiger partial charge is 0.392 e. The summed E-state index contributed by atoms with van der Waals surface area (Å²) in [7, 11) is 0. The molecule has 0 unspecified atom stereocenters. The molecule has 0 atom stereocenters. The molecule has 0 fully saturated rings. The molecule has 1 aromatic heterocycles. The van der Waals surface area contributed by atoms with Crippen LogP contribution in [0.1, 0.15) is 5.56 Å². The number of aliphatic hydroxyl groups excluding tert-OH is 1. The van der Waals surface area contributed by atoms with E-state index in [1.807, 2.05) is 0 Å². The average Bonchev–Trinajstić information content (AvgIpc) is 2.79. The molecule has 6 heteroatoms. The molecule has 17 heavy (non-hydrogen) atoms. The summed E-state index contributed by atoms with van der Waals surface area (Å²) in [6, 6.07) is 3.16. The zero-order valence-corrected chi connectivity index (χ0v) is 8.72. The predicted octanol–water partition coefficient (Wildman–Crippen LogP) is 1.55. The number of aliphatic hydroxyl groups is 1. The monoisotopic (exact) mass is 237 g/mol. The summed E-state index contributed by atoms with van der Waals surface area (Å²) in [5.74, 6) is -1.39. The average molecular weight is 237 g/mol. The van der Waals surface area contributed by atoms with Gasteiger partial charge in [-0.25, -0.2) is 18.4 Å². The number of hydrogen-bond donors (Lipinski definition) is 1. The Morgan fingerprint density at radius 3 is 2.82 bits per heavy atom. The summed E-state index contributed by atoms with van der Waals surface area (Å²) in [6.45, 7) is -0.386. The Balaban J connectivity index is 2.42. The first-order chi connectivity index (χ1) is 8.20. The third-order valence-electron chi connectivity index (χ3n) is 2.17. The van der Waals surface area contributed by atoms with Crippen molar-refractivity contribution in [1.29, 1.82) is 0 Å². The van der Waals surface area contributed by atoms with Crippen LogP contribution in [0.15, 0.2) is 30.9 Å². The highest BCUT2D eigenvalue weighted by atomic mass is 19.1. The van der Waals surface area contributed by atoms with Crippen molar-refractivity contribution < 1.29 is 13.9 Å². The molecule has 0 bridgehead atoms. The molecule has 0 aliphatic heterocycles. The Kier molecular flexibility index (Phi) is 3.24. The van der Waals surface area contributed by atoms with Gasteiger partial charge >= 0.3 is 0 Å². The molecule has 1 N–H and O–H groups in total. The van der Waals surface area contributed by atoms with Gasteiger partial charge in [-0.2, -0.15) is 5.10 Å². The van der Waals surface area contributed by atoms with E-state index in [2.05, 4.69) is 10.1 Å². The summed E-state index contributed by atoms with van der Waals surface area (Å²) in [5, 5.41) is 13.0. The standard InChI is InChI=1S/C11H9F2N3O/c12-9-1-2-10(11(13)3-9)8(5-17)4-16-7-14-6-15-16/h1-4,6-7,17H,5H2/b8-4+. The number of rotatable bonds is 3. The second-order valence-electron chi connectivity index (χ2n) is 3.31. The van der Waals surface area contributed by atoms with Crippen molar-refractivity contribution in [3.63, 3.8) is 0 Å². The molecule has 2 aromatic rings. The first-order valence-corrected chi connectivity index (χ1v) is 4.82. The Hall–Kier alpha value is -2.08. The minimum Gasteiger partial charge on any atom is -0.392 e. The van der Waals surface area contributed by atoms with Gasteiger partial charge in [-0.1, -0.05) is 0 Å². The SMILES string of the molecule is OC/C(=C\n1cncn1)c1ccc(F)cc1F. The van der Waals surface area contributed by atoms with Gasteiger partial charge in [-0.05, 0) is 12.1 Å².